The van der Waals surface area contributed by atoms with Crippen LogP contribution in [0.15, 0.2) is 17.3 Å². The van der Waals surface area contributed by atoms with Gasteiger partial charge in [-0.05, 0) is 39.4 Å². The van der Waals surface area contributed by atoms with Crippen molar-refractivity contribution in [3.63, 3.8) is 0 Å². The molecule has 0 atom stereocenters. The topological polar surface area (TPSA) is 81.2 Å². The molecule has 96 valence electrons. The zero-order valence-electron chi connectivity index (χ0n) is 10.1. The molecule has 1 aromatic rings. The van der Waals surface area contributed by atoms with Crippen molar-refractivity contribution in [2.24, 2.45) is 5.14 Å². The van der Waals surface area contributed by atoms with Crippen LogP contribution in [0.25, 0.3) is 0 Å². The number of aromatic nitrogens is 2. The molecule has 0 bridgehead atoms. The summed E-state index contributed by atoms with van der Waals surface area (Å²) in [6, 6.07) is 1.44. The van der Waals surface area contributed by atoms with E-state index in [0.717, 1.165) is 19.6 Å². The number of nitrogens with zero attached hydrogens (tertiary/aromatic N) is 3. The number of hydrogen-bond donors (Lipinski definition) is 1. The largest absolute Gasteiger partial charge is 0.301 e. The van der Waals surface area contributed by atoms with Crippen molar-refractivity contribution >= 4 is 10.0 Å². The molecule has 0 aliphatic carbocycles. The van der Waals surface area contributed by atoms with E-state index in [1.54, 1.807) is 10.9 Å². The van der Waals surface area contributed by atoms with Crippen molar-refractivity contribution in [3.8, 4) is 0 Å². The average Bonchev–Trinajstić information content (AvgIpc) is 2.59. The highest BCUT2D eigenvalue weighted by molar-refractivity contribution is 7.89. The zero-order chi connectivity index (χ0) is 12.7. The maximum Gasteiger partial charge on any atom is 0.257 e. The monoisotopic (exact) mass is 258 g/mol. The van der Waals surface area contributed by atoms with E-state index in [2.05, 4.69) is 10.00 Å². The molecule has 0 spiro atoms. The summed E-state index contributed by atoms with van der Waals surface area (Å²) in [7, 11) is -3.71. The third kappa shape index (κ3) is 2.67. The Kier molecular flexibility index (Phi) is 3.01. The van der Waals surface area contributed by atoms with Crippen molar-refractivity contribution in [2.45, 2.75) is 30.8 Å². The Bertz CT molecular complexity index is 502. The summed E-state index contributed by atoms with van der Waals surface area (Å²) < 4.78 is 24.0. The summed E-state index contributed by atoms with van der Waals surface area (Å²) in [6.07, 6.45) is 2.90. The lowest BCUT2D eigenvalue weighted by atomic mass is 10.0. The lowest BCUT2D eigenvalue weighted by Gasteiger charge is -2.38. The first kappa shape index (κ1) is 12.5. The first-order valence-electron chi connectivity index (χ1n) is 5.60. The van der Waals surface area contributed by atoms with Gasteiger partial charge in [-0.15, -0.1) is 0 Å². The molecule has 1 fully saturated rings. The van der Waals surface area contributed by atoms with Crippen LogP contribution >= 0.6 is 0 Å². The molecule has 1 aliphatic heterocycles. The van der Waals surface area contributed by atoms with Crippen molar-refractivity contribution in [1.82, 2.24) is 14.7 Å². The molecule has 0 unspecified atom stereocenters. The number of hydrogen-bond acceptors (Lipinski definition) is 4. The molecule has 17 heavy (non-hydrogen) atoms. The van der Waals surface area contributed by atoms with E-state index in [9.17, 15) is 8.42 Å². The second-order valence-electron chi connectivity index (χ2n) is 5.09. The molecular formula is C10H18N4O2S. The van der Waals surface area contributed by atoms with E-state index in [0.29, 0.717) is 0 Å². The minimum Gasteiger partial charge on any atom is -0.301 e. The summed E-state index contributed by atoms with van der Waals surface area (Å²) in [5.41, 5.74) is -0.233. The molecule has 2 rings (SSSR count). The third-order valence-corrected chi connectivity index (χ3v) is 3.84. The normalized spacial score (nSPS) is 18.1. The number of likely N-dealkylation sites (tertiary alicyclic amines) is 1. The van der Waals surface area contributed by atoms with Gasteiger partial charge in [-0.2, -0.15) is 5.10 Å². The highest BCUT2D eigenvalue weighted by Crippen LogP contribution is 2.20. The second kappa shape index (κ2) is 4.08. The molecule has 0 amide bonds. The summed E-state index contributed by atoms with van der Waals surface area (Å²) in [4.78, 5) is 2.32. The molecule has 1 saturated heterocycles. The minimum atomic E-state index is -3.71. The van der Waals surface area contributed by atoms with Gasteiger partial charge in [0.1, 0.15) is 0 Å². The van der Waals surface area contributed by atoms with Gasteiger partial charge >= 0.3 is 0 Å². The fourth-order valence-corrected chi connectivity index (χ4v) is 2.41. The van der Waals surface area contributed by atoms with Gasteiger partial charge < -0.3 is 4.90 Å². The number of sulfonamides is 1. The van der Waals surface area contributed by atoms with Crippen molar-refractivity contribution in [1.29, 1.82) is 0 Å². The fraction of sp³-hybridized carbons (Fsp3) is 0.700. The summed E-state index contributed by atoms with van der Waals surface area (Å²) >= 11 is 0. The highest BCUT2D eigenvalue weighted by Gasteiger charge is 2.28. The molecule has 6 nitrogen and oxygen atoms in total. The first-order chi connectivity index (χ1) is 7.79. The molecule has 2 N–H and O–H groups in total. The van der Waals surface area contributed by atoms with Gasteiger partial charge in [0.15, 0.2) is 5.03 Å². The Morgan fingerprint density at radius 1 is 1.47 bits per heavy atom. The van der Waals surface area contributed by atoms with Crippen molar-refractivity contribution < 1.29 is 8.42 Å². The van der Waals surface area contributed by atoms with Crippen LogP contribution < -0.4 is 5.14 Å². The number of rotatable bonds is 4. The average molecular weight is 258 g/mol. The molecule has 0 radical (unpaired) electrons. The smallest absolute Gasteiger partial charge is 0.257 e. The van der Waals surface area contributed by atoms with Gasteiger partial charge in [-0.3, -0.25) is 4.68 Å². The molecule has 0 saturated carbocycles. The van der Waals surface area contributed by atoms with E-state index < -0.39 is 10.0 Å². The van der Waals surface area contributed by atoms with Gasteiger partial charge in [0, 0.05) is 12.7 Å². The zero-order valence-corrected chi connectivity index (χ0v) is 10.9. The van der Waals surface area contributed by atoms with Gasteiger partial charge in [0.25, 0.3) is 10.0 Å². The third-order valence-electron chi connectivity index (χ3n) is 3.04. The van der Waals surface area contributed by atoms with Gasteiger partial charge in [0.05, 0.1) is 5.54 Å². The highest BCUT2D eigenvalue weighted by atomic mass is 32.2. The summed E-state index contributed by atoms with van der Waals surface area (Å²) in [5.74, 6) is 0. The Morgan fingerprint density at radius 2 is 2.12 bits per heavy atom. The van der Waals surface area contributed by atoms with Crippen molar-refractivity contribution in [2.75, 3.05) is 19.6 Å². The van der Waals surface area contributed by atoms with Gasteiger partial charge in [-0.1, -0.05) is 0 Å². The minimum absolute atomic E-state index is 0.0748. The lowest BCUT2D eigenvalue weighted by molar-refractivity contribution is 0.112. The van der Waals surface area contributed by atoms with Gasteiger partial charge in [0.2, 0.25) is 0 Å². The number of nitrogens with two attached hydrogens (primary N) is 1. The van der Waals surface area contributed by atoms with Crippen LogP contribution in [0.4, 0.5) is 0 Å². The second-order valence-corrected chi connectivity index (χ2v) is 6.59. The number of primary sulfonamides is 1. The molecule has 1 aromatic heterocycles. The maximum absolute atomic E-state index is 11.2. The summed E-state index contributed by atoms with van der Waals surface area (Å²) in [6.45, 7) is 7.13. The van der Waals surface area contributed by atoms with Crippen LogP contribution in [-0.4, -0.2) is 42.7 Å². The van der Waals surface area contributed by atoms with Crippen molar-refractivity contribution in [3.05, 3.63) is 12.3 Å². The van der Waals surface area contributed by atoms with Crippen LogP contribution in [-0.2, 0) is 15.6 Å². The van der Waals surface area contributed by atoms with Crippen LogP contribution in [0.1, 0.15) is 20.3 Å². The molecule has 0 aromatic carbocycles. The van der Waals surface area contributed by atoms with Crippen LogP contribution in [0.5, 0.6) is 0 Å². The molecular weight excluding hydrogens is 240 g/mol. The fourth-order valence-electron chi connectivity index (χ4n) is 1.96. The van der Waals surface area contributed by atoms with Crippen LogP contribution in [0, 0.1) is 0 Å². The molecule has 7 heteroatoms. The molecule has 1 aliphatic rings. The Balaban J connectivity index is 2.17. The first-order valence-corrected chi connectivity index (χ1v) is 7.15. The summed E-state index contributed by atoms with van der Waals surface area (Å²) in [5, 5.41) is 9.00. The predicted octanol–water partition coefficient (Wildman–Crippen LogP) is -0.0287. The van der Waals surface area contributed by atoms with Crippen LogP contribution in [0.3, 0.4) is 0 Å². The Morgan fingerprint density at radius 3 is 2.53 bits per heavy atom. The molecule has 2 heterocycles. The van der Waals surface area contributed by atoms with E-state index in [-0.39, 0.29) is 10.6 Å². The lowest BCUT2D eigenvalue weighted by Crippen LogP contribution is -2.47. The maximum atomic E-state index is 11.2. The van der Waals surface area contributed by atoms with Crippen LogP contribution in [0.2, 0.25) is 0 Å². The van der Waals surface area contributed by atoms with Gasteiger partial charge in [-0.25, -0.2) is 13.6 Å². The van der Waals surface area contributed by atoms with E-state index >= 15 is 0 Å². The SMILES string of the molecule is CC(C)(CN1CCC1)n1ccc(S(N)(=O)=O)n1. The standard InChI is InChI=1S/C10H18N4O2S/c1-10(2,8-13-5-3-6-13)14-7-4-9(12-14)17(11,15)16/h4,7H,3,5-6,8H2,1-2H3,(H2,11,15,16). The quantitative estimate of drug-likeness (QED) is 0.822. The van der Waals surface area contributed by atoms with E-state index in [1.165, 1.54) is 12.5 Å². The Hall–Kier alpha value is -0.920. The van der Waals surface area contributed by atoms with E-state index in [4.69, 9.17) is 5.14 Å². The Labute approximate surface area is 101 Å². The van der Waals surface area contributed by atoms with E-state index in [1.807, 2.05) is 13.8 Å². The predicted molar refractivity (Wildman–Crippen MR) is 64.0 cm³/mol.